The van der Waals surface area contributed by atoms with Crippen molar-refractivity contribution in [3.8, 4) is 0 Å². The molecule has 0 bridgehead atoms. The lowest BCUT2D eigenvalue weighted by molar-refractivity contribution is -0.117. The summed E-state index contributed by atoms with van der Waals surface area (Å²) in [4.78, 5) is 16.4. The largest absolute Gasteiger partial charge is 0.494 e. The van der Waals surface area contributed by atoms with E-state index < -0.39 is 0 Å². The van der Waals surface area contributed by atoms with Crippen molar-refractivity contribution in [1.29, 1.82) is 0 Å². The van der Waals surface area contributed by atoms with Crippen molar-refractivity contribution in [2.24, 2.45) is 5.92 Å². The third-order valence-corrected chi connectivity index (χ3v) is 6.05. The van der Waals surface area contributed by atoms with Gasteiger partial charge in [0.2, 0.25) is 5.91 Å². The molecule has 0 spiro atoms. The predicted molar refractivity (Wildman–Crippen MR) is 96.7 cm³/mol. The SMILES string of the molecule is CC1(C)OB(c2ccc3nc(NC(=O)C4CC4)sc3c2)OC1(C)C. The molecule has 7 heteroatoms. The topological polar surface area (TPSA) is 60.5 Å². The molecule has 5 nitrogen and oxygen atoms in total. The van der Waals surface area contributed by atoms with Gasteiger partial charge in [-0.15, -0.1) is 0 Å². The zero-order chi connectivity index (χ0) is 17.1. The molecule has 1 aliphatic carbocycles. The monoisotopic (exact) mass is 344 g/mol. The van der Waals surface area contributed by atoms with Gasteiger partial charge in [0, 0.05) is 5.92 Å². The van der Waals surface area contributed by atoms with E-state index in [-0.39, 0.29) is 30.1 Å². The Labute approximate surface area is 145 Å². The summed E-state index contributed by atoms with van der Waals surface area (Å²) in [6.07, 6.45) is 1.98. The highest BCUT2D eigenvalue weighted by Gasteiger charge is 2.51. The highest BCUT2D eigenvalue weighted by atomic mass is 32.1. The van der Waals surface area contributed by atoms with E-state index in [1.165, 1.54) is 11.3 Å². The lowest BCUT2D eigenvalue weighted by atomic mass is 9.79. The van der Waals surface area contributed by atoms with Crippen LogP contribution < -0.4 is 10.8 Å². The first-order valence-corrected chi connectivity index (χ1v) is 9.14. The van der Waals surface area contributed by atoms with Crippen molar-refractivity contribution in [3.63, 3.8) is 0 Å². The van der Waals surface area contributed by atoms with E-state index in [9.17, 15) is 4.79 Å². The Morgan fingerprint density at radius 1 is 1.25 bits per heavy atom. The van der Waals surface area contributed by atoms with E-state index in [0.29, 0.717) is 5.13 Å². The number of benzene rings is 1. The van der Waals surface area contributed by atoms with Gasteiger partial charge in [-0.2, -0.15) is 0 Å². The molecule has 0 radical (unpaired) electrons. The van der Waals surface area contributed by atoms with Crippen LogP contribution in [0.5, 0.6) is 0 Å². The van der Waals surface area contributed by atoms with Crippen molar-refractivity contribution in [2.45, 2.75) is 51.7 Å². The van der Waals surface area contributed by atoms with Crippen molar-refractivity contribution in [3.05, 3.63) is 18.2 Å². The van der Waals surface area contributed by atoms with E-state index >= 15 is 0 Å². The Bertz CT molecular complexity index is 797. The van der Waals surface area contributed by atoms with Crippen LogP contribution in [0.15, 0.2) is 18.2 Å². The number of rotatable bonds is 3. The van der Waals surface area contributed by atoms with E-state index in [1.807, 2.05) is 45.9 Å². The highest BCUT2D eigenvalue weighted by Crippen LogP contribution is 2.37. The summed E-state index contributed by atoms with van der Waals surface area (Å²) in [5, 5.41) is 3.57. The van der Waals surface area contributed by atoms with E-state index in [2.05, 4.69) is 10.3 Å². The van der Waals surface area contributed by atoms with Crippen LogP contribution in [0.1, 0.15) is 40.5 Å². The second-order valence-corrected chi connectivity index (χ2v) is 8.63. The molecule has 2 aromatic rings. The minimum atomic E-state index is -0.383. The number of nitrogens with zero attached hydrogens (tertiary/aromatic N) is 1. The minimum absolute atomic E-state index is 0.0836. The summed E-state index contributed by atoms with van der Waals surface area (Å²) in [6, 6.07) is 5.98. The summed E-state index contributed by atoms with van der Waals surface area (Å²) in [6.45, 7) is 8.18. The number of carbonyl (C=O) groups is 1. The zero-order valence-corrected chi connectivity index (χ0v) is 15.2. The van der Waals surface area contributed by atoms with Gasteiger partial charge < -0.3 is 14.6 Å². The average Bonchev–Trinajstić information content (AvgIpc) is 3.21. The number of aromatic nitrogens is 1. The molecule has 1 amide bonds. The zero-order valence-electron chi connectivity index (χ0n) is 14.4. The van der Waals surface area contributed by atoms with Crippen LogP contribution in [0.2, 0.25) is 0 Å². The van der Waals surface area contributed by atoms with Gasteiger partial charge in [-0.3, -0.25) is 4.79 Å². The van der Waals surface area contributed by atoms with Crippen LogP contribution >= 0.6 is 11.3 Å². The Kier molecular flexibility index (Phi) is 3.53. The molecule has 1 saturated heterocycles. The number of hydrogen-bond acceptors (Lipinski definition) is 5. The smallest absolute Gasteiger partial charge is 0.399 e. The van der Waals surface area contributed by atoms with Gasteiger partial charge in [-0.05, 0) is 58.1 Å². The normalized spacial score (nSPS) is 22.1. The lowest BCUT2D eigenvalue weighted by Crippen LogP contribution is -2.41. The highest BCUT2D eigenvalue weighted by molar-refractivity contribution is 7.22. The molecule has 24 heavy (non-hydrogen) atoms. The van der Waals surface area contributed by atoms with Crippen molar-refractivity contribution >= 4 is 45.2 Å². The van der Waals surface area contributed by atoms with Crippen molar-refractivity contribution in [2.75, 3.05) is 5.32 Å². The van der Waals surface area contributed by atoms with Crippen LogP contribution in [-0.4, -0.2) is 29.2 Å². The van der Waals surface area contributed by atoms with Crippen molar-refractivity contribution in [1.82, 2.24) is 4.98 Å². The lowest BCUT2D eigenvalue weighted by Gasteiger charge is -2.32. The molecule has 1 saturated carbocycles. The average molecular weight is 344 g/mol. The Hall–Kier alpha value is -1.44. The van der Waals surface area contributed by atoms with E-state index in [4.69, 9.17) is 9.31 Å². The van der Waals surface area contributed by atoms with E-state index in [0.717, 1.165) is 28.5 Å². The summed E-state index contributed by atoms with van der Waals surface area (Å²) >= 11 is 1.49. The maximum Gasteiger partial charge on any atom is 0.494 e. The Morgan fingerprint density at radius 2 is 1.92 bits per heavy atom. The molecule has 4 rings (SSSR count). The van der Waals surface area contributed by atoms with Crippen LogP contribution in [0, 0.1) is 5.92 Å². The van der Waals surface area contributed by atoms with E-state index in [1.54, 1.807) is 0 Å². The maximum absolute atomic E-state index is 11.9. The number of carbonyl (C=O) groups excluding carboxylic acids is 1. The first kappa shape index (κ1) is 16.1. The molecule has 1 aliphatic heterocycles. The summed E-state index contributed by atoms with van der Waals surface area (Å²) in [7, 11) is -0.383. The summed E-state index contributed by atoms with van der Waals surface area (Å²) < 4.78 is 13.2. The first-order valence-electron chi connectivity index (χ1n) is 8.32. The summed E-state index contributed by atoms with van der Waals surface area (Å²) in [5.41, 5.74) is 1.14. The number of fused-ring (bicyclic) bond motifs is 1. The maximum atomic E-state index is 11.9. The quantitative estimate of drug-likeness (QED) is 0.870. The molecule has 2 fully saturated rings. The predicted octanol–water partition coefficient (Wildman–Crippen LogP) is 2.94. The number of amides is 1. The number of nitrogens with one attached hydrogen (secondary N) is 1. The summed E-state index contributed by atoms with van der Waals surface area (Å²) in [5.74, 6) is 0.262. The Morgan fingerprint density at radius 3 is 2.54 bits per heavy atom. The fourth-order valence-electron chi connectivity index (χ4n) is 2.67. The molecular weight excluding hydrogens is 323 g/mol. The van der Waals surface area contributed by atoms with Crippen molar-refractivity contribution < 1.29 is 14.1 Å². The van der Waals surface area contributed by atoms with Crippen LogP contribution in [0.3, 0.4) is 0 Å². The van der Waals surface area contributed by atoms with Crippen LogP contribution in [0.25, 0.3) is 10.2 Å². The van der Waals surface area contributed by atoms with Gasteiger partial charge in [-0.25, -0.2) is 4.98 Å². The number of thiazole rings is 1. The number of hydrogen-bond donors (Lipinski definition) is 1. The molecule has 0 unspecified atom stereocenters. The van der Waals surface area contributed by atoms with Gasteiger partial charge in [0.05, 0.1) is 21.4 Å². The van der Waals surface area contributed by atoms with Gasteiger partial charge in [0.1, 0.15) is 0 Å². The molecule has 1 aromatic carbocycles. The van der Waals surface area contributed by atoms with Crippen LogP contribution in [-0.2, 0) is 14.1 Å². The molecule has 2 aliphatic rings. The first-order chi connectivity index (χ1) is 11.2. The Balaban J connectivity index is 1.58. The van der Waals surface area contributed by atoms with Gasteiger partial charge in [-0.1, -0.05) is 17.4 Å². The van der Waals surface area contributed by atoms with Gasteiger partial charge in [0.25, 0.3) is 0 Å². The second kappa shape index (κ2) is 5.28. The standard InChI is InChI=1S/C17H21BN2O3S/c1-16(2)17(3,4)23-18(22-16)11-7-8-12-13(9-11)24-15(19-12)20-14(21)10-5-6-10/h7-10H,5-6H2,1-4H3,(H,19,20,21). The van der Waals surface area contributed by atoms with Gasteiger partial charge in [0.15, 0.2) is 5.13 Å². The molecule has 2 heterocycles. The molecule has 0 atom stereocenters. The van der Waals surface area contributed by atoms with Crippen LogP contribution in [0.4, 0.5) is 5.13 Å². The molecule has 1 N–H and O–H groups in total. The number of anilines is 1. The molecule has 1 aromatic heterocycles. The third kappa shape index (κ3) is 2.74. The second-order valence-electron chi connectivity index (χ2n) is 7.60. The minimum Gasteiger partial charge on any atom is -0.399 e. The molecule has 126 valence electrons. The third-order valence-electron chi connectivity index (χ3n) is 5.12. The fraction of sp³-hybridized carbons (Fsp3) is 0.529. The van der Waals surface area contributed by atoms with Gasteiger partial charge >= 0.3 is 7.12 Å². The molecular formula is C17H21BN2O3S. The fourth-order valence-corrected chi connectivity index (χ4v) is 3.59.